The van der Waals surface area contributed by atoms with Crippen LogP contribution in [0.25, 0.3) is 21.7 Å². The van der Waals surface area contributed by atoms with Crippen molar-refractivity contribution in [1.29, 1.82) is 0 Å². The van der Waals surface area contributed by atoms with Gasteiger partial charge >= 0.3 is 0 Å². The summed E-state index contributed by atoms with van der Waals surface area (Å²) in [5, 5.41) is 22.8. The van der Waals surface area contributed by atoms with E-state index in [1.54, 1.807) is 29.9 Å². The fraction of sp³-hybridized carbons (Fsp3) is 0.407. The van der Waals surface area contributed by atoms with Crippen LogP contribution in [0, 0.1) is 19.3 Å². The first-order chi connectivity index (χ1) is 37.1. The first-order valence-electron chi connectivity index (χ1n) is 26.6. The van der Waals surface area contributed by atoms with E-state index < -0.39 is 23.6 Å². The molecule has 404 valence electrons. The summed E-state index contributed by atoms with van der Waals surface area (Å²) in [6.07, 6.45) is 9.19. The summed E-state index contributed by atoms with van der Waals surface area (Å²) < 4.78 is 0. The Hall–Kier alpha value is -7.41. The van der Waals surface area contributed by atoms with Gasteiger partial charge in [0.25, 0.3) is 5.91 Å². The Bertz CT molecular complexity index is 2970. The molecule has 2 aliphatic heterocycles. The summed E-state index contributed by atoms with van der Waals surface area (Å²) in [6, 6.07) is 25.1. The lowest BCUT2D eigenvalue weighted by molar-refractivity contribution is -0.144. The Morgan fingerprint density at radius 2 is 1.53 bits per heavy atom. The molecule has 0 bridgehead atoms. The molecule has 1 unspecified atom stereocenters. The molecule has 0 spiro atoms. The van der Waals surface area contributed by atoms with Gasteiger partial charge in [-0.2, -0.15) is 0 Å². The van der Waals surface area contributed by atoms with E-state index in [4.69, 9.17) is 0 Å². The smallest absolute Gasteiger partial charge is 0.255 e. The molecule has 2 fully saturated rings. The average molecular weight is 1060 g/mol. The van der Waals surface area contributed by atoms with Crippen LogP contribution >= 0.6 is 11.3 Å². The van der Waals surface area contributed by atoms with Crippen molar-refractivity contribution >= 4 is 58.2 Å². The minimum Gasteiger partial charge on any atom is -0.391 e. The van der Waals surface area contributed by atoms with Gasteiger partial charge in [0, 0.05) is 106 Å². The Morgan fingerprint density at radius 1 is 0.805 bits per heavy atom. The molecule has 6 aromatic rings. The number of rotatable bonds is 21. The van der Waals surface area contributed by atoms with E-state index in [0.29, 0.717) is 43.1 Å². The third-order valence-corrected chi connectivity index (χ3v) is 15.2. The van der Waals surface area contributed by atoms with Gasteiger partial charge in [-0.25, -0.2) is 15.0 Å². The highest BCUT2D eigenvalue weighted by atomic mass is 32.1. The van der Waals surface area contributed by atoms with Crippen LogP contribution in [0.3, 0.4) is 0 Å². The van der Waals surface area contributed by atoms with Gasteiger partial charge < -0.3 is 36.2 Å². The molecule has 0 saturated carbocycles. The number of benzene rings is 3. The van der Waals surface area contributed by atoms with Crippen molar-refractivity contribution in [3.63, 3.8) is 0 Å². The van der Waals surface area contributed by atoms with Gasteiger partial charge in [0.2, 0.25) is 29.6 Å². The zero-order chi connectivity index (χ0) is 54.5. The maximum Gasteiger partial charge on any atom is 0.255 e. The molecule has 3 aromatic heterocycles. The van der Waals surface area contributed by atoms with E-state index in [-0.39, 0.29) is 55.5 Å². The first-order valence-corrected chi connectivity index (χ1v) is 27.5. The number of likely N-dealkylation sites (tertiary alicyclic amines) is 1. The van der Waals surface area contributed by atoms with Crippen LogP contribution in [-0.4, -0.2) is 120 Å². The average Bonchev–Trinajstić information content (AvgIpc) is 4.06. The van der Waals surface area contributed by atoms with E-state index >= 15 is 0 Å². The molecule has 8 rings (SSSR count). The van der Waals surface area contributed by atoms with E-state index in [1.807, 2.05) is 130 Å². The molecule has 3 atom stereocenters. The lowest BCUT2D eigenvalue weighted by Crippen LogP contribution is -2.57. The third-order valence-electron chi connectivity index (χ3n) is 14.2. The van der Waals surface area contributed by atoms with Crippen LogP contribution in [-0.2, 0) is 32.3 Å². The molecule has 0 radical (unpaired) electrons. The summed E-state index contributed by atoms with van der Waals surface area (Å²) in [4.78, 5) is 91.6. The molecule has 0 aliphatic carbocycles. The van der Waals surface area contributed by atoms with Crippen LogP contribution in [0.4, 0.5) is 17.3 Å². The molecule has 18 heteroatoms. The van der Waals surface area contributed by atoms with Gasteiger partial charge in [-0.3, -0.25) is 33.9 Å². The molecule has 77 heavy (non-hydrogen) atoms. The predicted octanol–water partition coefficient (Wildman–Crippen LogP) is 8.46. The monoisotopic (exact) mass is 1060 g/mol. The highest BCUT2D eigenvalue weighted by Gasteiger charge is 2.44. The second-order valence-corrected chi connectivity index (χ2v) is 22.0. The Morgan fingerprint density at radius 3 is 2.23 bits per heavy atom. The number of aromatic nitrogens is 4. The van der Waals surface area contributed by atoms with E-state index in [9.17, 15) is 29.1 Å². The van der Waals surface area contributed by atoms with Crippen molar-refractivity contribution in [2.75, 3.05) is 43.4 Å². The number of nitrogens with zero attached hydrogens (tertiary/aromatic N) is 7. The molecule has 3 aromatic carbocycles. The molecule has 2 saturated heterocycles. The van der Waals surface area contributed by atoms with Crippen molar-refractivity contribution in [3.05, 3.63) is 137 Å². The SMILES string of the molecule is Cc1ccc(NC(=O)c2ccc(CN3CCN(C(=O)CCCCCCCC(=O)NC(C(=O)N4C[C@H](O)C[C@H]4C(=O)NCc4ccc(-c5scnc5C)cc4)C(C)(C)C)CC3)cc2)cc1Nc1nccc(-c2cccnc2)n1. The second-order valence-electron chi connectivity index (χ2n) is 21.2. The lowest BCUT2D eigenvalue weighted by atomic mass is 9.85. The molecule has 5 amide bonds. The topological polar surface area (TPSA) is 215 Å². The fourth-order valence-corrected chi connectivity index (χ4v) is 10.5. The molecule has 2 aliphatic rings. The fourth-order valence-electron chi connectivity index (χ4n) is 9.69. The number of carbonyl (C=O) groups excluding carboxylic acids is 5. The Labute approximate surface area is 455 Å². The summed E-state index contributed by atoms with van der Waals surface area (Å²) in [7, 11) is 0. The maximum absolute atomic E-state index is 14.1. The summed E-state index contributed by atoms with van der Waals surface area (Å²) in [5.74, 6) is -0.577. The number of amides is 5. The largest absolute Gasteiger partial charge is 0.391 e. The number of unbranched alkanes of at least 4 members (excludes halogenated alkanes) is 4. The standard InChI is InChI=1S/C59H71N11O6S/c1-39-15-24-46(32-49(39)66-58-61-27-25-48(65-58)45-12-11-26-60-35-45)64-55(74)44-22-18-42(19-23-44)36-68-28-30-69(31-29-68)52(73)14-10-8-6-7-9-13-51(72)67-54(59(3,4)5)57(76)70-37-47(71)33-50(70)56(75)62-34-41-16-20-43(21-17-41)53-40(2)63-38-77-53/h11-12,15-27,32,35,38,47,50,54,71H,6-10,13-14,28-31,33-34,36-37H2,1-5H3,(H,62,75)(H,64,74)(H,67,72)(H,61,65,66)/t47-,50+,54?/m1/s1. The Kier molecular flexibility index (Phi) is 18.9. The second kappa shape index (κ2) is 26.1. The number of piperazine rings is 1. The number of hydrogen-bond donors (Lipinski definition) is 5. The third kappa shape index (κ3) is 15.4. The lowest BCUT2D eigenvalue weighted by Gasteiger charge is -2.35. The number of carbonyl (C=O) groups is 5. The number of aryl methyl sites for hydroxylation is 2. The van der Waals surface area contributed by atoms with Crippen LogP contribution < -0.4 is 21.3 Å². The van der Waals surface area contributed by atoms with Crippen LogP contribution in [0.15, 0.2) is 109 Å². The summed E-state index contributed by atoms with van der Waals surface area (Å²) >= 11 is 1.58. The first kappa shape index (κ1) is 55.8. The van der Waals surface area contributed by atoms with Gasteiger partial charge in [-0.1, -0.05) is 82.5 Å². The van der Waals surface area contributed by atoms with Gasteiger partial charge in [-0.05, 0) is 96.8 Å². The zero-order valence-corrected chi connectivity index (χ0v) is 45.6. The van der Waals surface area contributed by atoms with E-state index in [2.05, 4.69) is 46.1 Å². The quantitative estimate of drug-likeness (QED) is 0.0430. The molecule has 5 N–H and O–H groups in total. The number of aliphatic hydroxyl groups excluding tert-OH is 1. The van der Waals surface area contributed by atoms with Crippen molar-refractivity contribution in [2.45, 2.75) is 117 Å². The van der Waals surface area contributed by atoms with Crippen molar-refractivity contribution in [3.8, 4) is 21.7 Å². The van der Waals surface area contributed by atoms with Gasteiger partial charge in [0.05, 0.1) is 27.9 Å². The molecule has 5 heterocycles. The number of anilines is 3. The minimum absolute atomic E-state index is 0.0150. The molecule has 17 nitrogen and oxygen atoms in total. The minimum atomic E-state index is -0.881. The summed E-state index contributed by atoms with van der Waals surface area (Å²) in [6.45, 7) is 13.5. The van der Waals surface area contributed by atoms with Gasteiger partial charge in [0.15, 0.2) is 0 Å². The van der Waals surface area contributed by atoms with Gasteiger partial charge in [-0.15, -0.1) is 11.3 Å². The number of nitrogens with one attached hydrogen (secondary N) is 4. The van der Waals surface area contributed by atoms with Crippen molar-refractivity contribution in [2.24, 2.45) is 5.41 Å². The maximum atomic E-state index is 14.1. The van der Waals surface area contributed by atoms with E-state index in [0.717, 1.165) is 95.1 Å². The van der Waals surface area contributed by atoms with Crippen LogP contribution in [0.5, 0.6) is 0 Å². The number of aliphatic hydroxyl groups is 1. The van der Waals surface area contributed by atoms with Gasteiger partial charge in [0.1, 0.15) is 12.1 Å². The number of β-amino-alcohol motifs (C(OH)–C–C–N with tert-alkyl or cyclic N) is 1. The van der Waals surface area contributed by atoms with Crippen molar-refractivity contribution in [1.82, 2.24) is 45.3 Å². The normalized spacial score (nSPS) is 16.2. The van der Waals surface area contributed by atoms with Crippen LogP contribution in [0.2, 0.25) is 0 Å². The van der Waals surface area contributed by atoms with Crippen molar-refractivity contribution < 1.29 is 29.1 Å². The Balaban J connectivity index is 0.698. The number of hydrogen-bond acceptors (Lipinski definition) is 13. The zero-order valence-electron chi connectivity index (χ0n) is 44.8. The molecular formula is C59H71N11O6S. The number of pyridine rings is 1. The van der Waals surface area contributed by atoms with Crippen LogP contribution in [0.1, 0.15) is 105 Å². The summed E-state index contributed by atoms with van der Waals surface area (Å²) in [5.41, 5.74) is 9.76. The number of thiazole rings is 1. The molecular weight excluding hydrogens is 991 g/mol. The highest BCUT2D eigenvalue weighted by Crippen LogP contribution is 2.30. The van der Waals surface area contributed by atoms with E-state index in [1.165, 1.54) is 4.90 Å². The highest BCUT2D eigenvalue weighted by molar-refractivity contribution is 7.13. The predicted molar refractivity (Wildman–Crippen MR) is 300 cm³/mol.